The molecule has 1 saturated carbocycles. The first-order chi connectivity index (χ1) is 7.38. The van der Waals surface area contributed by atoms with E-state index in [1.807, 2.05) is 0 Å². The van der Waals surface area contributed by atoms with E-state index in [0.717, 1.165) is 24.3 Å². The van der Waals surface area contributed by atoms with E-state index in [1.54, 1.807) is 0 Å². The van der Waals surface area contributed by atoms with Crippen LogP contribution in [0.15, 0.2) is 30.3 Å². The van der Waals surface area contributed by atoms with Crippen molar-refractivity contribution < 1.29 is 0 Å². The Labute approximate surface area is 92.1 Å². The number of likely N-dealkylation sites (tertiary alicyclic amines) is 1. The summed E-state index contributed by atoms with van der Waals surface area (Å²) in [6.45, 7) is 6.19. The van der Waals surface area contributed by atoms with E-state index < -0.39 is 0 Å². The molecule has 2 atom stereocenters. The van der Waals surface area contributed by atoms with Crippen molar-refractivity contribution in [2.75, 3.05) is 13.1 Å². The minimum atomic E-state index is 1.04. The minimum Gasteiger partial charge on any atom is -0.298 e. The van der Waals surface area contributed by atoms with Crippen LogP contribution in [0, 0.1) is 17.8 Å². The van der Waals surface area contributed by atoms with Crippen LogP contribution < -0.4 is 0 Å². The van der Waals surface area contributed by atoms with Crippen LogP contribution in [0.4, 0.5) is 0 Å². The second-order valence-electron chi connectivity index (χ2n) is 5.08. The lowest BCUT2D eigenvalue weighted by Crippen LogP contribution is -2.23. The van der Waals surface area contributed by atoms with E-state index in [9.17, 15) is 0 Å². The normalized spacial score (nSPS) is 34.1. The van der Waals surface area contributed by atoms with Gasteiger partial charge in [0.2, 0.25) is 0 Å². The summed E-state index contributed by atoms with van der Waals surface area (Å²) < 4.78 is 0. The monoisotopic (exact) mass is 201 g/mol. The third-order valence-electron chi connectivity index (χ3n) is 4.17. The van der Waals surface area contributed by atoms with Crippen LogP contribution in [-0.4, -0.2) is 18.0 Å². The van der Waals surface area contributed by atoms with Gasteiger partial charge in [0.25, 0.3) is 0 Å². The van der Waals surface area contributed by atoms with Gasteiger partial charge < -0.3 is 0 Å². The lowest BCUT2D eigenvalue weighted by atomic mass is 10.2. The van der Waals surface area contributed by atoms with Crippen LogP contribution in [-0.2, 0) is 6.54 Å². The van der Waals surface area contributed by atoms with Gasteiger partial charge in [-0.25, -0.2) is 0 Å². The van der Waals surface area contributed by atoms with Gasteiger partial charge in [-0.3, -0.25) is 4.90 Å². The van der Waals surface area contributed by atoms with Gasteiger partial charge in [0.1, 0.15) is 0 Å². The number of hydrogen-bond donors (Lipinski definition) is 0. The van der Waals surface area contributed by atoms with Crippen molar-refractivity contribution in [2.24, 2.45) is 17.8 Å². The number of rotatable bonds is 3. The maximum absolute atomic E-state index is 2.62. The fourth-order valence-electron chi connectivity index (χ4n) is 3.31. The second kappa shape index (κ2) is 3.64. The molecule has 0 spiro atoms. The molecule has 80 valence electrons. The van der Waals surface area contributed by atoms with E-state index in [1.165, 1.54) is 25.1 Å². The van der Waals surface area contributed by atoms with Crippen LogP contribution in [0.5, 0.6) is 0 Å². The number of hydrogen-bond acceptors (Lipinski definition) is 1. The summed E-state index contributed by atoms with van der Waals surface area (Å²) in [5, 5.41) is 0. The quantitative estimate of drug-likeness (QED) is 0.727. The third kappa shape index (κ3) is 1.69. The number of fused-ring (bicyclic) bond motifs is 1. The largest absolute Gasteiger partial charge is 0.298 e. The van der Waals surface area contributed by atoms with Gasteiger partial charge in [0.15, 0.2) is 0 Å². The summed E-state index contributed by atoms with van der Waals surface area (Å²) in [5.74, 6) is 3.15. The van der Waals surface area contributed by atoms with Crippen molar-refractivity contribution in [3.8, 4) is 0 Å². The molecule has 1 aromatic rings. The summed E-state index contributed by atoms with van der Waals surface area (Å²) in [5.41, 5.74) is 1.46. The molecule has 1 aromatic carbocycles. The first-order valence-corrected chi connectivity index (χ1v) is 6.14. The van der Waals surface area contributed by atoms with Crippen molar-refractivity contribution in [3.63, 3.8) is 0 Å². The fraction of sp³-hybridized carbons (Fsp3) is 0.571. The van der Waals surface area contributed by atoms with Gasteiger partial charge in [-0.1, -0.05) is 43.7 Å². The van der Waals surface area contributed by atoms with E-state index in [4.69, 9.17) is 0 Å². The molecular weight excluding hydrogens is 182 g/mol. The number of benzene rings is 1. The van der Waals surface area contributed by atoms with Crippen molar-refractivity contribution in [1.82, 2.24) is 4.90 Å². The molecule has 1 aliphatic carbocycles. The summed E-state index contributed by atoms with van der Waals surface area (Å²) >= 11 is 0. The van der Waals surface area contributed by atoms with Crippen LogP contribution >= 0.6 is 0 Å². The number of nitrogens with zero attached hydrogens (tertiary/aromatic N) is 1. The Kier molecular flexibility index (Phi) is 2.28. The zero-order valence-corrected chi connectivity index (χ0v) is 9.39. The highest BCUT2D eigenvalue weighted by Crippen LogP contribution is 2.53. The van der Waals surface area contributed by atoms with Crippen molar-refractivity contribution in [1.29, 1.82) is 0 Å². The molecule has 15 heavy (non-hydrogen) atoms. The Morgan fingerprint density at radius 3 is 2.40 bits per heavy atom. The lowest BCUT2D eigenvalue weighted by molar-refractivity contribution is 0.276. The predicted molar refractivity (Wildman–Crippen MR) is 62.5 cm³/mol. The van der Waals surface area contributed by atoms with Crippen molar-refractivity contribution in [3.05, 3.63) is 35.9 Å². The highest BCUT2D eigenvalue weighted by molar-refractivity contribution is 5.15. The highest BCUT2D eigenvalue weighted by atomic mass is 15.2. The van der Waals surface area contributed by atoms with Gasteiger partial charge in [-0.2, -0.15) is 0 Å². The molecule has 2 fully saturated rings. The second-order valence-corrected chi connectivity index (χ2v) is 5.08. The average molecular weight is 201 g/mol. The molecule has 1 heteroatoms. The summed E-state index contributed by atoms with van der Waals surface area (Å²) in [6.07, 6.45) is 1.40. The van der Waals surface area contributed by atoms with Crippen molar-refractivity contribution in [2.45, 2.75) is 19.9 Å². The van der Waals surface area contributed by atoms with E-state index in [0.29, 0.717) is 0 Å². The topological polar surface area (TPSA) is 3.24 Å². The maximum Gasteiger partial charge on any atom is 0.0233 e. The molecule has 1 aliphatic heterocycles. The smallest absolute Gasteiger partial charge is 0.0233 e. The fourth-order valence-corrected chi connectivity index (χ4v) is 3.31. The Morgan fingerprint density at radius 2 is 1.80 bits per heavy atom. The Balaban J connectivity index is 1.56. The first-order valence-electron chi connectivity index (χ1n) is 6.14. The third-order valence-corrected chi connectivity index (χ3v) is 4.17. The molecule has 2 aliphatic rings. The standard InChI is InChI=1S/C14H19N/c1-2-12-13-9-15(10-14(12)13)8-11-6-4-3-5-7-11/h3-7,12-14H,2,8-10H2,1H3. The Bertz CT molecular complexity index is 320. The Morgan fingerprint density at radius 1 is 1.13 bits per heavy atom. The van der Waals surface area contributed by atoms with Crippen LogP contribution in [0.2, 0.25) is 0 Å². The van der Waals surface area contributed by atoms with Gasteiger partial charge in [-0.15, -0.1) is 0 Å². The molecule has 3 rings (SSSR count). The van der Waals surface area contributed by atoms with E-state index in [2.05, 4.69) is 42.2 Å². The zero-order valence-electron chi connectivity index (χ0n) is 9.39. The maximum atomic E-state index is 2.62. The summed E-state index contributed by atoms with van der Waals surface area (Å²) in [6, 6.07) is 10.8. The molecular formula is C14H19N. The molecule has 2 unspecified atom stereocenters. The van der Waals surface area contributed by atoms with Gasteiger partial charge in [0, 0.05) is 19.6 Å². The minimum absolute atomic E-state index is 1.04. The summed E-state index contributed by atoms with van der Waals surface area (Å²) in [4.78, 5) is 2.62. The van der Waals surface area contributed by atoms with E-state index >= 15 is 0 Å². The van der Waals surface area contributed by atoms with Gasteiger partial charge in [-0.05, 0) is 23.3 Å². The molecule has 1 saturated heterocycles. The molecule has 0 N–H and O–H groups in total. The molecule has 0 radical (unpaired) electrons. The lowest BCUT2D eigenvalue weighted by Gasteiger charge is -2.18. The summed E-state index contributed by atoms with van der Waals surface area (Å²) in [7, 11) is 0. The molecule has 0 amide bonds. The van der Waals surface area contributed by atoms with Gasteiger partial charge >= 0.3 is 0 Å². The zero-order chi connectivity index (χ0) is 10.3. The SMILES string of the molecule is CCC1C2CN(Cc3ccccc3)CC12. The predicted octanol–water partition coefficient (Wildman–Crippen LogP) is 2.77. The van der Waals surface area contributed by atoms with Crippen molar-refractivity contribution >= 4 is 0 Å². The Hall–Kier alpha value is -0.820. The molecule has 0 aromatic heterocycles. The average Bonchev–Trinajstić information content (AvgIpc) is 2.75. The van der Waals surface area contributed by atoms with Crippen LogP contribution in [0.25, 0.3) is 0 Å². The number of piperidine rings is 1. The van der Waals surface area contributed by atoms with E-state index in [-0.39, 0.29) is 0 Å². The molecule has 0 bridgehead atoms. The van der Waals surface area contributed by atoms with Crippen LogP contribution in [0.1, 0.15) is 18.9 Å². The van der Waals surface area contributed by atoms with Crippen LogP contribution in [0.3, 0.4) is 0 Å². The molecule has 1 nitrogen and oxygen atoms in total. The first kappa shape index (κ1) is 9.41. The van der Waals surface area contributed by atoms with Gasteiger partial charge in [0.05, 0.1) is 0 Å². The highest BCUT2D eigenvalue weighted by Gasteiger charge is 2.53. The molecule has 1 heterocycles.